The van der Waals surface area contributed by atoms with Crippen LogP contribution in [0.1, 0.15) is 11.1 Å². The van der Waals surface area contributed by atoms with E-state index in [1.807, 2.05) is 0 Å². The lowest BCUT2D eigenvalue weighted by Gasteiger charge is -2.06. The van der Waals surface area contributed by atoms with Gasteiger partial charge in [0.25, 0.3) is 5.56 Å². The van der Waals surface area contributed by atoms with E-state index in [0.29, 0.717) is 36.5 Å². The molecule has 28 heavy (non-hydrogen) atoms. The highest BCUT2D eigenvalue weighted by atomic mass is 79.9. The number of nitrogens with zero attached hydrogens (tertiary/aromatic N) is 2. The van der Waals surface area contributed by atoms with Crippen LogP contribution in [0.5, 0.6) is 11.5 Å². The summed E-state index contributed by atoms with van der Waals surface area (Å²) in [6.45, 7) is 1.69. The Kier molecular flexibility index (Phi) is 4.68. The van der Waals surface area contributed by atoms with E-state index in [-0.39, 0.29) is 17.1 Å². The lowest BCUT2D eigenvalue weighted by molar-refractivity contribution is 0.372. The predicted molar refractivity (Wildman–Crippen MR) is 111 cm³/mol. The molecule has 5 nitrogen and oxygen atoms in total. The minimum Gasteiger partial charge on any atom is -0.503 e. The molecule has 2 aromatic heterocycles. The van der Waals surface area contributed by atoms with Crippen molar-refractivity contribution in [3.8, 4) is 22.8 Å². The SMILES string of the molecule is COc1cc(/C=c2\sc3nc(-c4ccc(F)c(C)c4)cn3c2=O)cc(Br)c1O. The third kappa shape index (κ3) is 3.18. The van der Waals surface area contributed by atoms with Crippen LogP contribution in [-0.4, -0.2) is 21.6 Å². The Morgan fingerprint density at radius 1 is 1.32 bits per heavy atom. The maximum Gasteiger partial charge on any atom is 0.274 e. The summed E-state index contributed by atoms with van der Waals surface area (Å²) >= 11 is 4.53. The van der Waals surface area contributed by atoms with Crippen molar-refractivity contribution < 1.29 is 14.2 Å². The second-order valence-electron chi connectivity index (χ2n) is 6.21. The number of aryl methyl sites for hydroxylation is 1. The first-order valence-corrected chi connectivity index (χ1v) is 9.85. The van der Waals surface area contributed by atoms with Crippen molar-refractivity contribution in [2.24, 2.45) is 0 Å². The third-order valence-electron chi connectivity index (χ3n) is 4.33. The van der Waals surface area contributed by atoms with Crippen LogP contribution in [-0.2, 0) is 0 Å². The highest BCUT2D eigenvalue weighted by molar-refractivity contribution is 9.10. The molecule has 0 fully saturated rings. The van der Waals surface area contributed by atoms with Gasteiger partial charge in [0.05, 0.1) is 21.8 Å². The van der Waals surface area contributed by atoms with Crippen LogP contribution < -0.4 is 14.8 Å². The summed E-state index contributed by atoms with van der Waals surface area (Å²) in [4.78, 5) is 17.8. The molecular weight excluding hydrogens is 447 g/mol. The van der Waals surface area contributed by atoms with Gasteiger partial charge in [0.2, 0.25) is 0 Å². The lowest BCUT2D eigenvalue weighted by Crippen LogP contribution is -2.22. The summed E-state index contributed by atoms with van der Waals surface area (Å²) < 4.78 is 21.1. The summed E-state index contributed by atoms with van der Waals surface area (Å²) in [7, 11) is 1.46. The number of hydrogen-bond donors (Lipinski definition) is 1. The van der Waals surface area contributed by atoms with E-state index in [1.165, 1.54) is 28.9 Å². The zero-order valence-corrected chi connectivity index (χ0v) is 17.3. The summed E-state index contributed by atoms with van der Waals surface area (Å²) in [6.07, 6.45) is 3.38. The molecule has 0 aliphatic rings. The Bertz CT molecular complexity index is 1330. The van der Waals surface area contributed by atoms with Crippen LogP contribution in [0, 0.1) is 12.7 Å². The van der Waals surface area contributed by atoms with Crippen molar-refractivity contribution in [1.82, 2.24) is 9.38 Å². The van der Waals surface area contributed by atoms with Crippen LogP contribution in [0.25, 0.3) is 22.3 Å². The molecule has 0 radical (unpaired) electrons. The normalized spacial score (nSPS) is 12.1. The topological polar surface area (TPSA) is 63.8 Å². The first-order valence-electron chi connectivity index (χ1n) is 8.24. The fourth-order valence-corrected chi connectivity index (χ4v) is 4.27. The Balaban J connectivity index is 1.80. The van der Waals surface area contributed by atoms with Gasteiger partial charge >= 0.3 is 0 Å². The van der Waals surface area contributed by atoms with Gasteiger partial charge in [-0.1, -0.05) is 11.3 Å². The lowest BCUT2D eigenvalue weighted by atomic mass is 10.1. The molecule has 1 N–H and O–H groups in total. The van der Waals surface area contributed by atoms with Gasteiger partial charge in [-0.3, -0.25) is 9.20 Å². The van der Waals surface area contributed by atoms with Gasteiger partial charge in [0.1, 0.15) is 5.82 Å². The van der Waals surface area contributed by atoms with Gasteiger partial charge in [0, 0.05) is 11.8 Å². The van der Waals surface area contributed by atoms with Crippen LogP contribution in [0.3, 0.4) is 0 Å². The minimum atomic E-state index is -0.276. The van der Waals surface area contributed by atoms with Gasteiger partial charge in [-0.25, -0.2) is 9.37 Å². The van der Waals surface area contributed by atoms with E-state index >= 15 is 0 Å². The molecule has 0 amide bonds. The standard InChI is InChI=1S/C20H14BrFN2O3S/c1-10-5-12(3-4-14(10)22)15-9-24-19(26)17(28-20(24)23-15)8-11-6-13(21)18(25)16(7-11)27-2/h3-9,25H,1-2H3/b17-8-. The number of hydrogen-bond acceptors (Lipinski definition) is 5. The van der Waals surface area contributed by atoms with Gasteiger partial charge < -0.3 is 9.84 Å². The molecule has 0 saturated heterocycles. The Labute approximate surface area is 171 Å². The van der Waals surface area contributed by atoms with Crippen molar-refractivity contribution in [2.45, 2.75) is 6.92 Å². The van der Waals surface area contributed by atoms with Crippen LogP contribution in [0.15, 0.2) is 45.8 Å². The number of aromatic nitrogens is 2. The molecule has 0 aliphatic carbocycles. The highest BCUT2D eigenvalue weighted by Crippen LogP contribution is 2.35. The molecule has 0 aliphatic heterocycles. The molecule has 8 heteroatoms. The summed E-state index contributed by atoms with van der Waals surface area (Å²) in [5.41, 5.74) is 2.41. The smallest absolute Gasteiger partial charge is 0.274 e. The Morgan fingerprint density at radius 3 is 2.79 bits per heavy atom. The largest absolute Gasteiger partial charge is 0.503 e. The number of methoxy groups -OCH3 is 1. The van der Waals surface area contributed by atoms with E-state index in [0.717, 1.165) is 5.56 Å². The molecule has 0 spiro atoms. The molecule has 4 aromatic rings. The maximum atomic E-state index is 13.5. The maximum absolute atomic E-state index is 13.5. The number of phenolic OH excluding ortho intramolecular Hbond substituents is 1. The second-order valence-corrected chi connectivity index (χ2v) is 8.08. The van der Waals surface area contributed by atoms with E-state index < -0.39 is 0 Å². The van der Waals surface area contributed by atoms with Gasteiger partial charge in [-0.2, -0.15) is 0 Å². The predicted octanol–water partition coefficient (Wildman–Crippen LogP) is 3.89. The molecule has 2 aromatic carbocycles. The molecule has 2 heterocycles. The van der Waals surface area contributed by atoms with Crippen LogP contribution in [0.4, 0.5) is 4.39 Å². The number of phenols is 1. The second kappa shape index (κ2) is 7.03. The number of aromatic hydroxyl groups is 1. The van der Waals surface area contributed by atoms with Crippen molar-refractivity contribution in [3.63, 3.8) is 0 Å². The zero-order valence-electron chi connectivity index (χ0n) is 14.9. The minimum absolute atomic E-state index is 0.00205. The molecular formula is C20H14BrFN2O3S. The molecule has 0 unspecified atom stereocenters. The average Bonchev–Trinajstić information content (AvgIpc) is 3.20. The van der Waals surface area contributed by atoms with Crippen molar-refractivity contribution in [2.75, 3.05) is 7.11 Å². The first kappa shape index (κ1) is 18.6. The number of ether oxygens (including phenoxy) is 1. The number of fused-ring (bicyclic) bond motifs is 1. The zero-order chi connectivity index (χ0) is 20.0. The number of benzene rings is 2. The number of halogens is 2. The third-order valence-corrected chi connectivity index (χ3v) is 5.91. The fraction of sp³-hybridized carbons (Fsp3) is 0.100. The molecule has 0 atom stereocenters. The fourth-order valence-electron chi connectivity index (χ4n) is 2.86. The van der Waals surface area contributed by atoms with Crippen molar-refractivity contribution in [3.05, 3.63) is 72.8 Å². The number of rotatable bonds is 3. The molecule has 4 rings (SSSR count). The highest BCUT2D eigenvalue weighted by Gasteiger charge is 2.12. The molecule has 0 bridgehead atoms. The summed E-state index contributed by atoms with van der Waals surface area (Å²) in [5, 5.41) is 9.92. The molecule has 0 saturated carbocycles. The van der Waals surface area contributed by atoms with E-state index in [1.54, 1.807) is 43.5 Å². The first-order chi connectivity index (χ1) is 13.4. The van der Waals surface area contributed by atoms with E-state index in [2.05, 4.69) is 20.9 Å². The van der Waals surface area contributed by atoms with Gasteiger partial charge in [-0.15, -0.1) is 0 Å². The van der Waals surface area contributed by atoms with E-state index in [9.17, 15) is 14.3 Å². The van der Waals surface area contributed by atoms with Gasteiger partial charge in [-0.05, 0) is 70.4 Å². The summed E-state index contributed by atoms with van der Waals surface area (Å²) in [6, 6.07) is 8.10. The molecule has 142 valence electrons. The van der Waals surface area contributed by atoms with E-state index in [4.69, 9.17) is 4.74 Å². The van der Waals surface area contributed by atoms with Crippen molar-refractivity contribution in [1.29, 1.82) is 0 Å². The Morgan fingerprint density at radius 2 is 2.11 bits per heavy atom. The number of thiazole rings is 1. The van der Waals surface area contributed by atoms with Crippen LogP contribution >= 0.6 is 27.3 Å². The average molecular weight is 461 g/mol. The number of imidazole rings is 1. The van der Waals surface area contributed by atoms with Crippen molar-refractivity contribution >= 4 is 38.3 Å². The van der Waals surface area contributed by atoms with Gasteiger partial charge in [0.15, 0.2) is 16.5 Å². The quantitative estimate of drug-likeness (QED) is 0.503. The summed E-state index contributed by atoms with van der Waals surface area (Å²) in [5.74, 6) is 0.0345. The Hall–Kier alpha value is -2.71. The monoisotopic (exact) mass is 460 g/mol. The van der Waals surface area contributed by atoms with Crippen LogP contribution in [0.2, 0.25) is 0 Å².